The fraction of sp³-hybridized carbons (Fsp3) is 0.294. The van der Waals surface area contributed by atoms with Crippen molar-refractivity contribution in [3.8, 4) is 5.75 Å². The van der Waals surface area contributed by atoms with Crippen molar-refractivity contribution >= 4 is 23.4 Å². The fourth-order valence-electron chi connectivity index (χ4n) is 1.89. The van der Waals surface area contributed by atoms with Crippen molar-refractivity contribution in [1.29, 1.82) is 0 Å². The number of carbonyl (C=O) groups is 1. The molecule has 116 valence electrons. The maximum Gasteiger partial charge on any atom is 0.234 e. The topological polar surface area (TPSA) is 51.2 Å². The van der Waals surface area contributed by atoms with Crippen LogP contribution in [0.5, 0.6) is 5.75 Å². The lowest BCUT2D eigenvalue weighted by atomic mass is 10.3. The molecule has 0 spiro atoms. The number of pyridine rings is 1. The molecule has 2 aromatic rings. The van der Waals surface area contributed by atoms with Gasteiger partial charge in [0.2, 0.25) is 5.91 Å². The van der Waals surface area contributed by atoms with Crippen molar-refractivity contribution in [3.05, 3.63) is 54.4 Å². The molecule has 0 unspecified atom stereocenters. The smallest absolute Gasteiger partial charge is 0.234 e. The van der Waals surface area contributed by atoms with Gasteiger partial charge in [-0.25, -0.2) is 0 Å². The van der Waals surface area contributed by atoms with Crippen molar-refractivity contribution in [2.45, 2.75) is 13.3 Å². The Morgan fingerprint density at radius 3 is 2.73 bits per heavy atom. The molecule has 1 aromatic carbocycles. The Kier molecular flexibility index (Phi) is 6.77. The fourth-order valence-corrected chi connectivity index (χ4v) is 2.64. The number of thioether (sulfide) groups is 1. The zero-order valence-corrected chi connectivity index (χ0v) is 13.4. The SMILES string of the molecule is CCOc1ccc(NC(=O)CSCCc2ccccn2)cc1. The molecule has 22 heavy (non-hydrogen) atoms. The van der Waals surface area contributed by atoms with E-state index in [9.17, 15) is 4.79 Å². The second kappa shape index (κ2) is 9.10. The Bertz CT molecular complexity index is 573. The van der Waals surface area contributed by atoms with E-state index in [1.54, 1.807) is 18.0 Å². The maximum atomic E-state index is 11.9. The largest absolute Gasteiger partial charge is 0.494 e. The Morgan fingerprint density at radius 1 is 1.23 bits per heavy atom. The second-order valence-electron chi connectivity index (χ2n) is 4.63. The zero-order valence-electron chi connectivity index (χ0n) is 12.6. The molecule has 5 heteroatoms. The summed E-state index contributed by atoms with van der Waals surface area (Å²) in [6.45, 7) is 2.58. The highest BCUT2D eigenvalue weighted by molar-refractivity contribution is 7.99. The van der Waals surface area contributed by atoms with Gasteiger partial charge in [-0.2, -0.15) is 11.8 Å². The van der Waals surface area contributed by atoms with Crippen molar-refractivity contribution in [2.75, 3.05) is 23.4 Å². The molecule has 0 radical (unpaired) electrons. The maximum absolute atomic E-state index is 11.9. The molecule has 0 atom stereocenters. The quantitative estimate of drug-likeness (QED) is 0.758. The number of benzene rings is 1. The van der Waals surface area contributed by atoms with Gasteiger partial charge in [0, 0.05) is 17.6 Å². The van der Waals surface area contributed by atoms with Crippen LogP contribution in [-0.2, 0) is 11.2 Å². The third-order valence-corrected chi connectivity index (χ3v) is 3.87. The summed E-state index contributed by atoms with van der Waals surface area (Å²) in [7, 11) is 0. The van der Waals surface area contributed by atoms with E-state index in [4.69, 9.17) is 4.74 Å². The first kappa shape index (κ1) is 16.4. The van der Waals surface area contributed by atoms with Gasteiger partial charge in [-0.05, 0) is 55.5 Å². The first-order valence-electron chi connectivity index (χ1n) is 7.28. The van der Waals surface area contributed by atoms with E-state index < -0.39 is 0 Å². The number of hydrogen-bond donors (Lipinski definition) is 1. The minimum atomic E-state index is 0.00943. The summed E-state index contributed by atoms with van der Waals surface area (Å²) in [6, 6.07) is 13.3. The summed E-state index contributed by atoms with van der Waals surface area (Å²) in [6.07, 6.45) is 2.67. The average Bonchev–Trinajstić information content (AvgIpc) is 2.55. The standard InChI is InChI=1S/C17H20N2O2S/c1-2-21-16-8-6-15(7-9-16)19-17(20)13-22-12-10-14-5-3-4-11-18-14/h3-9,11H,2,10,12-13H2,1H3,(H,19,20). The van der Waals surface area contributed by atoms with Crippen molar-refractivity contribution < 1.29 is 9.53 Å². The molecule has 4 nitrogen and oxygen atoms in total. The highest BCUT2D eigenvalue weighted by Crippen LogP contribution is 2.16. The summed E-state index contributed by atoms with van der Waals surface area (Å²) in [5, 5.41) is 2.88. The van der Waals surface area contributed by atoms with Gasteiger partial charge in [-0.15, -0.1) is 0 Å². The third-order valence-electron chi connectivity index (χ3n) is 2.91. The molecule has 1 aromatic heterocycles. The molecule has 0 aliphatic heterocycles. The van der Waals surface area contributed by atoms with E-state index in [-0.39, 0.29) is 5.91 Å². The van der Waals surface area contributed by atoms with Gasteiger partial charge in [0.1, 0.15) is 5.75 Å². The molecule has 1 N–H and O–H groups in total. The van der Waals surface area contributed by atoms with Crippen LogP contribution in [0.15, 0.2) is 48.7 Å². The van der Waals surface area contributed by atoms with Gasteiger partial charge >= 0.3 is 0 Å². The monoisotopic (exact) mass is 316 g/mol. The molecule has 0 fully saturated rings. The van der Waals surface area contributed by atoms with Crippen molar-refractivity contribution in [2.24, 2.45) is 0 Å². The van der Waals surface area contributed by atoms with Crippen LogP contribution in [0.1, 0.15) is 12.6 Å². The Hall–Kier alpha value is -2.01. The number of carbonyl (C=O) groups excluding carboxylic acids is 1. The van der Waals surface area contributed by atoms with E-state index in [0.29, 0.717) is 12.4 Å². The number of anilines is 1. The lowest BCUT2D eigenvalue weighted by Gasteiger charge is -2.07. The number of aromatic nitrogens is 1. The van der Waals surface area contributed by atoms with Gasteiger partial charge in [0.15, 0.2) is 0 Å². The molecule has 0 aliphatic rings. The van der Waals surface area contributed by atoms with Gasteiger partial charge in [-0.3, -0.25) is 9.78 Å². The Labute approximate surface area is 135 Å². The molecule has 0 bridgehead atoms. The molecule has 0 saturated carbocycles. The lowest BCUT2D eigenvalue weighted by molar-refractivity contribution is -0.113. The number of nitrogens with zero attached hydrogens (tertiary/aromatic N) is 1. The summed E-state index contributed by atoms with van der Waals surface area (Å²) >= 11 is 1.61. The van der Waals surface area contributed by atoms with Crippen LogP contribution in [0.2, 0.25) is 0 Å². The number of aryl methyl sites for hydroxylation is 1. The van der Waals surface area contributed by atoms with Crippen LogP contribution < -0.4 is 10.1 Å². The van der Waals surface area contributed by atoms with Crippen molar-refractivity contribution in [1.82, 2.24) is 4.98 Å². The first-order valence-corrected chi connectivity index (χ1v) is 8.44. The minimum Gasteiger partial charge on any atom is -0.494 e. The predicted octanol–water partition coefficient (Wildman–Crippen LogP) is 3.39. The number of amides is 1. The highest BCUT2D eigenvalue weighted by Gasteiger charge is 2.03. The van der Waals surface area contributed by atoms with Gasteiger partial charge in [-0.1, -0.05) is 6.07 Å². The van der Waals surface area contributed by atoms with Gasteiger partial charge in [0.25, 0.3) is 0 Å². The number of ether oxygens (including phenoxy) is 1. The lowest BCUT2D eigenvalue weighted by Crippen LogP contribution is -2.14. The van der Waals surface area contributed by atoms with Gasteiger partial charge < -0.3 is 10.1 Å². The first-order chi connectivity index (χ1) is 10.8. The number of rotatable bonds is 8. The summed E-state index contributed by atoms with van der Waals surface area (Å²) < 4.78 is 5.36. The van der Waals surface area contributed by atoms with E-state index in [1.165, 1.54) is 0 Å². The average molecular weight is 316 g/mol. The summed E-state index contributed by atoms with van der Waals surface area (Å²) in [5.74, 6) is 2.15. The number of nitrogens with one attached hydrogen (secondary N) is 1. The van der Waals surface area contributed by atoms with Crippen molar-refractivity contribution in [3.63, 3.8) is 0 Å². The molecular weight excluding hydrogens is 296 g/mol. The van der Waals surface area contributed by atoms with Crippen LogP contribution in [-0.4, -0.2) is 29.0 Å². The molecule has 1 amide bonds. The van der Waals surface area contributed by atoms with Gasteiger partial charge in [0.05, 0.1) is 12.4 Å². The van der Waals surface area contributed by atoms with E-state index >= 15 is 0 Å². The van der Waals surface area contributed by atoms with Crippen LogP contribution >= 0.6 is 11.8 Å². The normalized spacial score (nSPS) is 10.2. The van der Waals surface area contributed by atoms with Crippen LogP contribution in [0.4, 0.5) is 5.69 Å². The molecule has 0 aliphatic carbocycles. The Morgan fingerprint density at radius 2 is 2.05 bits per heavy atom. The van der Waals surface area contributed by atoms with Crippen LogP contribution in [0.3, 0.4) is 0 Å². The molecular formula is C17H20N2O2S. The molecule has 2 rings (SSSR count). The molecule has 1 heterocycles. The predicted molar refractivity (Wildman–Crippen MR) is 91.5 cm³/mol. The minimum absolute atomic E-state index is 0.00943. The summed E-state index contributed by atoms with van der Waals surface area (Å²) in [4.78, 5) is 16.1. The zero-order chi connectivity index (χ0) is 15.6. The van der Waals surface area contributed by atoms with Crippen LogP contribution in [0.25, 0.3) is 0 Å². The highest BCUT2D eigenvalue weighted by atomic mass is 32.2. The van der Waals surface area contributed by atoms with Crippen LogP contribution in [0, 0.1) is 0 Å². The van der Waals surface area contributed by atoms with E-state index in [1.807, 2.05) is 49.4 Å². The second-order valence-corrected chi connectivity index (χ2v) is 5.73. The summed E-state index contributed by atoms with van der Waals surface area (Å²) in [5.41, 5.74) is 1.85. The molecule has 0 saturated heterocycles. The third kappa shape index (κ3) is 5.77. The Balaban J connectivity index is 1.67. The van der Waals surface area contributed by atoms with E-state index in [0.717, 1.165) is 29.3 Å². The number of hydrogen-bond acceptors (Lipinski definition) is 4. The van der Waals surface area contributed by atoms with E-state index in [2.05, 4.69) is 10.3 Å².